The van der Waals surface area contributed by atoms with Gasteiger partial charge in [0.2, 0.25) is 0 Å². The van der Waals surface area contributed by atoms with E-state index >= 15 is 0 Å². The minimum Gasteiger partial charge on any atom is -0.478 e. The van der Waals surface area contributed by atoms with Crippen LogP contribution in [0.15, 0.2) is 23.4 Å². The molecule has 0 atom stereocenters. The SMILES string of the molecule is Cn1nnc(NS(=O)(=O)c2ccc(C(=O)O)cn2)n1. The van der Waals surface area contributed by atoms with E-state index in [9.17, 15) is 13.2 Å². The molecule has 0 amide bonds. The number of carboxylic acids is 1. The molecule has 2 heterocycles. The molecular formula is C8H8N6O4S. The molecule has 0 unspecified atom stereocenters. The van der Waals surface area contributed by atoms with E-state index in [1.807, 2.05) is 0 Å². The van der Waals surface area contributed by atoms with Gasteiger partial charge in [0.15, 0.2) is 5.03 Å². The van der Waals surface area contributed by atoms with Gasteiger partial charge in [0.05, 0.1) is 12.6 Å². The zero-order valence-electron chi connectivity index (χ0n) is 9.55. The summed E-state index contributed by atoms with van der Waals surface area (Å²) in [6, 6.07) is 2.20. The number of nitrogens with one attached hydrogen (secondary N) is 1. The molecule has 11 heteroatoms. The summed E-state index contributed by atoms with van der Waals surface area (Å²) in [6.45, 7) is 0. The van der Waals surface area contributed by atoms with Crippen LogP contribution in [0.25, 0.3) is 0 Å². The molecule has 0 spiro atoms. The number of carbonyl (C=O) groups is 1. The summed E-state index contributed by atoms with van der Waals surface area (Å²) in [4.78, 5) is 15.3. The number of hydrogen-bond acceptors (Lipinski definition) is 7. The van der Waals surface area contributed by atoms with Crippen LogP contribution in [0.2, 0.25) is 0 Å². The van der Waals surface area contributed by atoms with E-state index in [2.05, 4.69) is 25.1 Å². The molecule has 0 saturated heterocycles. The molecule has 2 aromatic heterocycles. The molecule has 0 saturated carbocycles. The Hall–Kier alpha value is -2.56. The Morgan fingerprint density at radius 3 is 2.63 bits per heavy atom. The first-order valence-electron chi connectivity index (χ1n) is 4.84. The summed E-state index contributed by atoms with van der Waals surface area (Å²) < 4.78 is 25.8. The maximum Gasteiger partial charge on any atom is 0.337 e. The van der Waals surface area contributed by atoms with Crippen molar-refractivity contribution in [3.05, 3.63) is 23.9 Å². The summed E-state index contributed by atoms with van der Waals surface area (Å²) in [5, 5.41) is 18.9. The van der Waals surface area contributed by atoms with Gasteiger partial charge in [-0.2, -0.15) is 13.2 Å². The smallest absolute Gasteiger partial charge is 0.337 e. The van der Waals surface area contributed by atoms with Crippen molar-refractivity contribution in [2.45, 2.75) is 5.03 Å². The van der Waals surface area contributed by atoms with Crippen LogP contribution in [-0.4, -0.2) is 44.7 Å². The average Bonchev–Trinajstić information content (AvgIpc) is 2.74. The molecule has 2 N–H and O–H groups in total. The van der Waals surface area contributed by atoms with Crippen molar-refractivity contribution in [1.82, 2.24) is 25.2 Å². The number of carboxylic acid groups (broad SMARTS) is 1. The molecule has 0 aliphatic carbocycles. The average molecular weight is 284 g/mol. The van der Waals surface area contributed by atoms with Gasteiger partial charge in [0.25, 0.3) is 16.0 Å². The molecule has 0 aliphatic rings. The third-order valence-electron chi connectivity index (χ3n) is 1.99. The normalized spacial score (nSPS) is 11.2. The molecule has 2 aromatic rings. The standard InChI is InChI=1S/C8H8N6O4S/c1-14-11-8(10-13-14)12-19(17,18)6-3-2-5(4-9-6)7(15)16/h2-4H,1H3,(H,11,12)(H,15,16). The molecule has 2 rings (SSSR count). The van der Waals surface area contributed by atoms with Gasteiger partial charge in [-0.15, -0.1) is 5.10 Å². The fourth-order valence-electron chi connectivity index (χ4n) is 1.16. The third kappa shape index (κ3) is 2.82. The number of sulfonamides is 1. The van der Waals surface area contributed by atoms with Crippen molar-refractivity contribution in [3.63, 3.8) is 0 Å². The first kappa shape index (κ1) is 12.9. The summed E-state index contributed by atoms with van der Waals surface area (Å²) in [7, 11) is -2.50. The van der Waals surface area contributed by atoms with E-state index in [0.29, 0.717) is 0 Å². The largest absolute Gasteiger partial charge is 0.478 e. The zero-order valence-corrected chi connectivity index (χ0v) is 10.4. The monoisotopic (exact) mass is 284 g/mol. The molecular weight excluding hydrogens is 276 g/mol. The Morgan fingerprint density at radius 2 is 2.16 bits per heavy atom. The number of hydrogen-bond donors (Lipinski definition) is 2. The Balaban J connectivity index is 2.26. The topological polar surface area (TPSA) is 140 Å². The Bertz CT molecular complexity index is 707. The maximum absolute atomic E-state index is 11.9. The lowest BCUT2D eigenvalue weighted by molar-refractivity contribution is 0.0696. The van der Waals surface area contributed by atoms with Gasteiger partial charge in [0.1, 0.15) is 0 Å². The summed E-state index contributed by atoms with van der Waals surface area (Å²) in [5.41, 5.74) is -0.114. The van der Waals surface area contributed by atoms with E-state index in [-0.39, 0.29) is 16.5 Å². The minimum absolute atomic E-state index is 0.114. The number of pyridine rings is 1. The molecule has 10 nitrogen and oxygen atoms in total. The highest BCUT2D eigenvalue weighted by molar-refractivity contribution is 7.92. The lowest BCUT2D eigenvalue weighted by atomic mass is 10.3. The van der Waals surface area contributed by atoms with Crippen molar-refractivity contribution in [2.24, 2.45) is 7.05 Å². The summed E-state index contributed by atoms with van der Waals surface area (Å²) in [5.74, 6) is -1.40. The fraction of sp³-hybridized carbons (Fsp3) is 0.125. The van der Waals surface area contributed by atoms with Gasteiger partial charge < -0.3 is 5.11 Å². The minimum atomic E-state index is -3.97. The Kier molecular flexibility index (Phi) is 3.12. The van der Waals surface area contributed by atoms with Gasteiger partial charge in [-0.1, -0.05) is 5.10 Å². The third-order valence-corrected chi connectivity index (χ3v) is 3.24. The molecule has 0 aromatic carbocycles. The molecule has 19 heavy (non-hydrogen) atoms. The summed E-state index contributed by atoms with van der Waals surface area (Å²) in [6.07, 6.45) is 0.945. The van der Waals surface area contributed by atoms with Gasteiger partial charge in [-0.3, -0.25) is 0 Å². The Labute approximate surface area is 107 Å². The number of aromatic carboxylic acids is 1. The van der Waals surface area contributed by atoms with E-state index in [1.165, 1.54) is 7.05 Å². The van der Waals surface area contributed by atoms with Crippen molar-refractivity contribution in [2.75, 3.05) is 4.72 Å². The van der Waals surface area contributed by atoms with Crippen LogP contribution in [0.5, 0.6) is 0 Å². The van der Waals surface area contributed by atoms with E-state index in [4.69, 9.17) is 5.11 Å². The van der Waals surface area contributed by atoms with E-state index in [0.717, 1.165) is 23.1 Å². The number of nitrogens with zero attached hydrogens (tertiary/aromatic N) is 5. The molecule has 0 fully saturated rings. The number of tetrazole rings is 1. The highest BCUT2D eigenvalue weighted by Gasteiger charge is 2.18. The summed E-state index contributed by atoms with van der Waals surface area (Å²) >= 11 is 0. The van der Waals surface area contributed by atoms with E-state index in [1.54, 1.807) is 0 Å². The molecule has 0 bridgehead atoms. The number of aryl methyl sites for hydroxylation is 1. The van der Waals surface area contributed by atoms with Crippen LogP contribution >= 0.6 is 0 Å². The van der Waals surface area contributed by atoms with Gasteiger partial charge in [0, 0.05) is 6.20 Å². The van der Waals surface area contributed by atoms with Crippen LogP contribution in [0.1, 0.15) is 10.4 Å². The highest BCUT2D eigenvalue weighted by atomic mass is 32.2. The predicted molar refractivity (Wildman–Crippen MR) is 60.8 cm³/mol. The number of aromatic nitrogens is 5. The van der Waals surface area contributed by atoms with Gasteiger partial charge >= 0.3 is 5.97 Å². The van der Waals surface area contributed by atoms with Crippen molar-refractivity contribution in [1.29, 1.82) is 0 Å². The predicted octanol–water partition coefficient (Wildman–Crippen LogP) is -0.896. The lowest BCUT2D eigenvalue weighted by Gasteiger charge is -2.03. The second-order valence-electron chi connectivity index (χ2n) is 3.40. The molecule has 0 aliphatic heterocycles. The van der Waals surface area contributed by atoms with Crippen LogP contribution in [0.3, 0.4) is 0 Å². The van der Waals surface area contributed by atoms with Crippen molar-refractivity contribution >= 4 is 21.9 Å². The first-order valence-corrected chi connectivity index (χ1v) is 6.33. The van der Waals surface area contributed by atoms with Crippen molar-refractivity contribution in [3.8, 4) is 0 Å². The van der Waals surface area contributed by atoms with Gasteiger partial charge in [-0.25, -0.2) is 14.5 Å². The van der Waals surface area contributed by atoms with Gasteiger partial charge in [-0.05, 0) is 17.3 Å². The quantitative estimate of drug-likeness (QED) is 0.736. The Morgan fingerprint density at radius 1 is 1.42 bits per heavy atom. The second kappa shape index (κ2) is 4.61. The molecule has 0 radical (unpaired) electrons. The number of rotatable bonds is 4. The first-order chi connectivity index (χ1) is 8.88. The number of anilines is 1. The lowest BCUT2D eigenvalue weighted by Crippen LogP contribution is -2.16. The van der Waals surface area contributed by atoms with Crippen LogP contribution in [0, 0.1) is 0 Å². The zero-order chi connectivity index (χ0) is 14.0. The molecule has 100 valence electrons. The van der Waals surface area contributed by atoms with Crippen LogP contribution < -0.4 is 4.72 Å². The van der Waals surface area contributed by atoms with Crippen LogP contribution in [0.4, 0.5) is 5.95 Å². The second-order valence-corrected chi connectivity index (χ2v) is 5.03. The maximum atomic E-state index is 11.9. The van der Waals surface area contributed by atoms with Crippen molar-refractivity contribution < 1.29 is 18.3 Å². The van der Waals surface area contributed by atoms with Crippen LogP contribution in [-0.2, 0) is 17.1 Å². The van der Waals surface area contributed by atoms with E-state index < -0.39 is 16.0 Å². The highest BCUT2D eigenvalue weighted by Crippen LogP contribution is 2.10. The fourth-order valence-corrected chi connectivity index (χ4v) is 2.03.